The Bertz CT molecular complexity index is 227. The second kappa shape index (κ2) is 6.91. The predicted octanol–water partition coefficient (Wildman–Crippen LogP) is 3.52. The van der Waals surface area contributed by atoms with Crippen molar-refractivity contribution in [2.24, 2.45) is 10.8 Å². The molecule has 0 spiro atoms. The van der Waals surface area contributed by atoms with E-state index in [4.69, 9.17) is 0 Å². The van der Waals surface area contributed by atoms with Crippen molar-refractivity contribution in [1.29, 1.82) is 0 Å². The standard InChI is InChI=1S/C16H34N2/c1-6-9-15(4,12-17-5)13-18-11-10-16(7-2,8-3)14-18/h17H,6-14H2,1-5H3. The average molecular weight is 254 g/mol. The first-order valence-electron chi connectivity index (χ1n) is 7.90. The molecule has 0 aromatic carbocycles. The van der Waals surface area contributed by atoms with Gasteiger partial charge in [0.2, 0.25) is 0 Å². The highest BCUT2D eigenvalue weighted by Gasteiger charge is 2.37. The molecule has 0 saturated carbocycles. The Hall–Kier alpha value is -0.0800. The number of hydrogen-bond acceptors (Lipinski definition) is 2. The molecule has 1 aliphatic heterocycles. The van der Waals surface area contributed by atoms with E-state index in [1.54, 1.807) is 0 Å². The maximum atomic E-state index is 3.39. The van der Waals surface area contributed by atoms with E-state index in [2.05, 4.69) is 45.0 Å². The summed E-state index contributed by atoms with van der Waals surface area (Å²) in [7, 11) is 2.08. The molecule has 0 aromatic heterocycles. The van der Waals surface area contributed by atoms with Crippen molar-refractivity contribution in [2.75, 3.05) is 33.2 Å². The van der Waals surface area contributed by atoms with Gasteiger partial charge in [0.1, 0.15) is 0 Å². The van der Waals surface area contributed by atoms with Crippen molar-refractivity contribution in [1.82, 2.24) is 10.2 Å². The van der Waals surface area contributed by atoms with Crippen LogP contribution in [0.15, 0.2) is 0 Å². The van der Waals surface area contributed by atoms with Crippen LogP contribution in [0.2, 0.25) is 0 Å². The van der Waals surface area contributed by atoms with Gasteiger partial charge in [-0.05, 0) is 50.1 Å². The molecule has 1 fully saturated rings. The molecule has 1 heterocycles. The highest BCUT2D eigenvalue weighted by atomic mass is 15.2. The van der Waals surface area contributed by atoms with Gasteiger partial charge in [-0.15, -0.1) is 0 Å². The van der Waals surface area contributed by atoms with E-state index in [1.807, 2.05) is 0 Å². The van der Waals surface area contributed by atoms with E-state index < -0.39 is 0 Å². The third-order valence-electron chi connectivity index (χ3n) is 5.08. The predicted molar refractivity (Wildman–Crippen MR) is 81.0 cm³/mol. The van der Waals surface area contributed by atoms with Crippen LogP contribution in [0.25, 0.3) is 0 Å². The Balaban J connectivity index is 2.56. The number of rotatable bonds is 8. The summed E-state index contributed by atoms with van der Waals surface area (Å²) in [6.07, 6.45) is 6.71. The van der Waals surface area contributed by atoms with Crippen LogP contribution in [-0.2, 0) is 0 Å². The van der Waals surface area contributed by atoms with Crippen LogP contribution in [0.1, 0.15) is 59.8 Å². The van der Waals surface area contributed by atoms with Crippen molar-refractivity contribution >= 4 is 0 Å². The first-order chi connectivity index (χ1) is 8.53. The van der Waals surface area contributed by atoms with E-state index in [-0.39, 0.29) is 0 Å². The van der Waals surface area contributed by atoms with Gasteiger partial charge in [0.25, 0.3) is 0 Å². The van der Waals surface area contributed by atoms with Crippen molar-refractivity contribution < 1.29 is 0 Å². The van der Waals surface area contributed by atoms with Gasteiger partial charge in [-0.25, -0.2) is 0 Å². The Morgan fingerprint density at radius 2 is 1.89 bits per heavy atom. The molecular formula is C16H34N2. The van der Waals surface area contributed by atoms with Gasteiger partial charge < -0.3 is 10.2 Å². The van der Waals surface area contributed by atoms with Crippen molar-refractivity contribution in [3.63, 3.8) is 0 Å². The molecular weight excluding hydrogens is 220 g/mol. The minimum atomic E-state index is 0.445. The van der Waals surface area contributed by atoms with Gasteiger partial charge in [-0.2, -0.15) is 0 Å². The summed E-state index contributed by atoms with van der Waals surface area (Å²) >= 11 is 0. The fraction of sp³-hybridized carbons (Fsp3) is 1.00. The Morgan fingerprint density at radius 3 is 2.33 bits per heavy atom. The number of nitrogens with one attached hydrogen (secondary N) is 1. The number of hydrogen-bond donors (Lipinski definition) is 1. The molecule has 1 unspecified atom stereocenters. The van der Waals surface area contributed by atoms with E-state index in [0.717, 1.165) is 6.54 Å². The lowest BCUT2D eigenvalue weighted by atomic mass is 9.81. The minimum Gasteiger partial charge on any atom is -0.319 e. The van der Waals surface area contributed by atoms with Crippen LogP contribution in [0.3, 0.4) is 0 Å². The van der Waals surface area contributed by atoms with Crippen LogP contribution >= 0.6 is 0 Å². The van der Waals surface area contributed by atoms with Gasteiger partial charge in [-0.3, -0.25) is 0 Å². The first-order valence-corrected chi connectivity index (χ1v) is 7.90. The van der Waals surface area contributed by atoms with Crippen molar-refractivity contribution in [2.45, 2.75) is 59.8 Å². The summed E-state index contributed by atoms with van der Waals surface area (Å²) in [5.41, 5.74) is 1.06. The molecule has 0 radical (unpaired) electrons. The van der Waals surface area contributed by atoms with E-state index in [1.165, 1.54) is 51.7 Å². The quantitative estimate of drug-likeness (QED) is 0.713. The average Bonchev–Trinajstić information content (AvgIpc) is 2.73. The topological polar surface area (TPSA) is 15.3 Å². The third-order valence-corrected chi connectivity index (χ3v) is 5.08. The van der Waals surface area contributed by atoms with Gasteiger partial charge in [0.05, 0.1) is 0 Å². The number of nitrogens with zero attached hydrogens (tertiary/aromatic N) is 1. The second-order valence-electron chi connectivity index (χ2n) is 6.76. The molecule has 1 aliphatic rings. The third kappa shape index (κ3) is 3.96. The van der Waals surface area contributed by atoms with Crippen LogP contribution < -0.4 is 5.32 Å². The zero-order valence-electron chi connectivity index (χ0n) is 13.3. The van der Waals surface area contributed by atoms with Gasteiger partial charge in [0.15, 0.2) is 0 Å². The largest absolute Gasteiger partial charge is 0.319 e. The SMILES string of the molecule is CCCC(C)(CNC)CN1CCC(CC)(CC)C1. The van der Waals surface area contributed by atoms with Crippen LogP contribution in [-0.4, -0.2) is 38.1 Å². The lowest BCUT2D eigenvalue weighted by molar-refractivity contribution is 0.155. The fourth-order valence-electron chi connectivity index (χ4n) is 3.78. The summed E-state index contributed by atoms with van der Waals surface area (Å²) in [4.78, 5) is 2.72. The van der Waals surface area contributed by atoms with Crippen LogP contribution in [0.4, 0.5) is 0 Å². The fourth-order valence-corrected chi connectivity index (χ4v) is 3.78. The molecule has 0 bridgehead atoms. The lowest BCUT2D eigenvalue weighted by Gasteiger charge is -2.35. The summed E-state index contributed by atoms with van der Waals surface area (Å²) < 4.78 is 0. The molecule has 1 rings (SSSR count). The molecule has 2 nitrogen and oxygen atoms in total. The Kier molecular flexibility index (Phi) is 6.13. The number of likely N-dealkylation sites (tertiary alicyclic amines) is 1. The zero-order chi connectivity index (χ0) is 13.6. The van der Waals surface area contributed by atoms with Gasteiger partial charge in [-0.1, -0.05) is 34.1 Å². The summed E-state index contributed by atoms with van der Waals surface area (Å²) in [6, 6.07) is 0. The molecule has 1 N–H and O–H groups in total. The minimum absolute atomic E-state index is 0.445. The van der Waals surface area contributed by atoms with Crippen molar-refractivity contribution in [3.05, 3.63) is 0 Å². The van der Waals surface area contributed by atoms with Crippen LogP contribution in [0.5, 0.6) is 0 Å². The van der Waals surface area contributed by atoms with Crippen LogP contribution in [0, 0.1) is 10.8 Å². The summed E-state index contributed by atoms with van der Waals surface area (Å²) in [6.45, 7) is 14.5. The molecule has 108 valence electrons. The molecule has 1 atom stereocenters. The van der Waals surface area contributed by atoms with E-state index in [9.17, 15) is 0 Å². The molecule has 2 heteroatoms. The maximum absolute atomic E-state index is 3.39. The molecule has 0 aliphatic carbocycles. The van der Waals surface area contributed by atoms with Crippen molar-refractivity contribution in [3.8, 4) is 0 Å². The maximum Gasteiger partial charge on any atom is 0.00477 e. The first kappa shape index (κ1) is 16.0. The summed E-state index contributed by atoms with van der Waals surface area (Å²) in [5.74, 6) is 0. The monoisotopic (exact) mass is 254 g/mol. The zero-order valence-corrected chi connectivity index (χ0v) is 13.3. The Morgan fingerprint density at radius 1 is 1.22 bits per heavy atom. The smallest absolute Gasteiger partial charge is 0.00477 e. The molecule has 0 amide bonds. The summed E-state index contributed by atoms with van der Waals surface area (Å²) in [5, 5.41) is 3.39. The lowest BCUT2D eigenvalue weighted by Crippen LogP contribution is -2.41. The normalized spacial score (nSPS) is 23.2. The molecule has 18 heavy (non-hydrogen) atoms. The highest BCUT2D eigenvalue weighted by molar-refractivity contribution is 4.91. The van der Waals surface area contributed by atoms with E-state index in [0.29, 0.717) is 10.8 Å². The van der Waals surface area contributed by atoms with Gasteiger partial charge in [0, 0.05) is 19.6 Å². The molecule has 0 aromatic rings. The second-order valence-corrected chi connectivity index (χ2v) is 6.76. The van der Waals surface area contributed by atoms with Gasteiger partial charge >= 0.3 is 0 Å². The highest BCUT2D eigenvalue weighted by Crippen LogP contribution is 2.38. The Labute approximate surface area is 115 Å². The van der Waals surface area contributed by atoms with E-state index >= 15 is 0 Å². The molecule has 1 saturated heterocycles.